The highest BCUT2D eigenvalue weighted by Gasteiger charge is 1.92. The van der Waals surface area contributed by atoms with Crippen LogP contribution in [0.25, 0.3) is 0 Å². The average molecular weight is 206 g/mol. The molecule has 0 aromatic rings. The first kappa shape index (κ1) is 13.1. The lowest BCUT2D eigenvalue weighted by Crippen LogP contribution is -2.22. The molecule has 0 aliphatic carbocycles. The van der Waals surface area contributed by atoms with E-state index >= 15 is 0 Å². The van der Waals surface area contributed by atoms with Crippen LogP contribution in [0.5, 0.6) is 0 Å². The second-order valence-electron chi connectivity index (χ2n) is 3.54. The molecule has 3 nitrogen and oxygen atoms in total. The number of nitrogens with zero attached hydrogens (tertiary/aromatic N) is 1. The Balaban J connectivity index is 2.96. The number of nitrogens with one attached hydrogen (secondary N) is 1. The van der Waals surface area contributed by atoms with Crippen LogP contribution in [0.3, 0.4) is 0 Å². The SMILES string of the molecule is CN(C)CCCNCCCS(C)=O. The molecule has 0 heterocycles. The second-order valence-corrected chi connectivity index (χ2v) is 5.09. The lowest BCUT2D eigenvalue weighted by Gasteiger charge is -2.09. The van der Waals surface area contributed by atoms with Crippen LogP contribution in [0.2, 0.25) is 0 Å². The molecule has 0 saturated carbocycles. The van der Waals surface area contributed by atoms with Crippen molar-refractivity contribution in [3.8, 4) is 0 Å². The largest absolute Gasteiger partial charge is 0.317 e. The van der Waals surface area contributed by atoms with E-state index in [9.17, 15) is 4.21 Å². The summed E-state index contributed by atoms with van der Waals surface area (Å²) in [6.07, 6.45) is 3.96. The molecule has 0 spiro atoms. The van der Waals surface area contributed by atoms with Crippen molar-refractivity contribution in [2.24, 2.45) is 0 Å². The first-order valence-corrected chi connectivity index (χ1v) is 6.51. The highest BCUT2D eigenvalue weighted by Crippen LogP contribution is 1.83. The molecule has 0 aliphatic heterocycles. The third-order valence-corrected chi connectivity index (χ3v) is 2.61. The molecule has 0 rings (SSSR count). The zero-order valence-corrected chi connectivity index (χ0v) is 9.82. The Labute approximate surface area is 84.3 Å². The highest BCUT2D eigenvalue weighted by molar-refractivity contribution is 7.84. The van der Waals surface area contributed by atoms with Gasteiger partial charge in [-0.25, -0.2) is 0 Å². The van der Waals surface area contributed by atoms with Gasteiger partial charge in [0.2, 0.25) is 0 Å². The summed E-state index contributed by atoms with van der Waals surface area (Å²) in [4.78, 5) is 2.18. The summed E-state index contributed by atoms with van der Waals surface area (Å²) in [6, 6.07) is 0. The van der Waals surface area contributed by atoms with Gasteiger partial charge in [-0.05, 0) is 46.6 Å². The minimum Gasteiger partial charge on any atom is -0.317 e. The van der Waals surface area contributed by atoms with Crippen LogP contribution in [-0.4, -0.2) is 54.8 Å². The second kappa shape index (κ2) is 8.66. The molecule has 0 aliphatic rings. The summed E-state index contributed by atoms with van der Waals surface area (Å²) < 4.78 is 10.7. The lowest BCUT2D eigenvalue weighted by atomic mass is 10.4. The lowest BCUT2D eigenvalue weighted by molar-refractivity contribution is 0.394. The van der Waals surface area contributed by atoms with Gasteiger partial charge in [0.05, 0.1) is 0 Å². The average Bonchev–Trinajstić information content (AvgIpc) is 2.01. The van der Waals surface area contributed by atoms with Gasteiger partial charge in [-0.2, -0.15) is 0 Å². The van der Waals surface area contributed by atoms with Crippen molar-refractivity contribution in [2.45, 2.75) is 12.8 Å². The van der Waals surface area contributed by atoms with Gasteiger partial charge in [-0.3, -0.25) is 4.21 Å². The van der Waals surface area contributed by atoms with E-state index in [1.807, 2.05) is 0 Å². The van der Waals surface area contributed by atoms with E-state index in [-0.39, 0.29) is 0 Å². The van der Waals surface area contributed by atoms with E-state index in [0.29, 0.717) is 0 Å². The minimum absolute atomic E-state index is 0.628. The van der Waals surface area contributed by atoms with Gasteiger partial charge in [-0.15, -0.1) is 0 Å². The standard InChI is InChI=1S/C9H22N2OS/c1-11(2)8-4-6-10-7-5-9-13(3)12/h10H,4-9H2,1-3H3. The number of hydrogen-bond acceptors (Lipinski definition) is 3. The van der Waals surface area contributed by atoms with Crippen molar-refractivity contribution >= 4 is 10.8 Å². The minimum atomic E-state index is -0.628. The third kappa shape index (κ3) is 12.1. The highest BCUT2D eigenvalue weighted by atomic mass is 32.2. The molecular weight excluding hydrogens is 184 g/mol. The van der Waals surface area contributed by atoms with Crippen molar-refractivity contribution < 1.29 is 4.21 Å². The Morgan fingerprint density at radius 1 is 1.23 bits per heavy atom. The van der Waals surface area contributed by atoms with Crippen molar-refractivity contribution in [3.05, 3.63) is 0 Å². The zero-order chi connectivity index (χ0) is 10.1. The summed E-state index contributed by atoms with van der Waals surface area (Å²) in [7, 11) is 3.54. The first-order valence-electron chi connectivity index (χ1n) is 4.78. The molecule has 0 aromatic heterocycles. The number of hydrogen-bond donors (Lipinski definition) is 1. The molecule has 1 N–H and O–H groups in total. The molecule has 4 heteroatoms. The van der Waals surface area contributed by atoms with Crippen LogP contribution >= 0.6 is 0 Å². The summed E-state index contributed by atoms with van der Waals surface area (Å²) in [5.41, 5.74) is 0. The van der Waals surface area contributed by atoms with Gasteiger partial charge in [0.25, 0.3) is 0 Å². The smallest absolute Gasteiger partial charge is 0.0244 e. The van der Waals surface area contributed by atoms with E-state index < -0.39 is 10.8 Å². The molecule has 0 bridgehead atoms. The van der Waals surface area contributed by atoms with Gasteiger partial charge < -0.3 is 10.2 Å². The molecule has 13 heavy (non-hydrogen) atoms. The van der Waals surface area contributed by atoms with E-state index in [1.165, 1.54) is 6.42 Å². The Morgan fingerprint density at radius 2 is 1.85 bits per heavy atom. The van der Waals surface area contributed by atoms with Gasteiger partial charge in [0.15, 0.2) is 0 Å². The van der Waals surface area contributed by atoms with Crippen LogP contribution in [0.15, 0.2) is 0 Å². The summed E-state index contributed by atoms with van der Waals surface area (Å²) in [5.74, 6) is 0.820. The third-order valence-electron chi connectivity index (χ3n) is 1.74. The quantitative estimate of drug-likeness (QED) is 0.580. The Kier molecular flexibility index (Phi) is 8.71. The van der Waals surface area contributed by atoms with Crippen LogP contribution in [-0.2, 0) is 10.8 Å². The Morgan fingerprint density at radius 3 is 2.38 bits per heavy atom. The fraction of sp³-hybridized carbons (Fsp3) is 1.00. The van der Waals surface area contributed by atoms with Gasteiger partial charge in [-0.1, -0.05) is 0 Å². The molecule has 0 fully saturated rings. The Bertz CT molecular complexity index is 140. The molecular formula is C9H22N2OS. The van der Waals surface area contributed by atoms with E-state index in [4.69, 9.17) is 0 Å². The molecule has 1 unspecified atom stereocenters. The molecule has 80 valence electrons. The maximum absolute atomic E-state index is 10.7. The van der Waals surface area contributed by atoms with Crippen molar-refractivity contribution in [1.29, 1.82) is 0 Å². The maximum Gasteiger partial charge on any atom is 0.0244 e. The topological polar surface area (TPSA) is 32.3 Å². The van der Waals surface area contributed by atoms with E-state index in [2.05, 4.69) is 24.3 Å². The van der Waals surface area contributed by atoms with Crippen molar-refractivity contribution in [1.82, 2.24) is 10.2 Å². The predicted molar refractivity (Wildman–Crippen MR) is 59.6 cm³/mol. The first-order chi connectivity index (χ1) is 6.13. The summed E-state index contributed by atoms with van der Waals surface area (Å²) in [6.45, 7) is 3.19. The fourth-order valence-corrected chi connectivity index (χ4v) is 1.60. The van der Waals surface area contributed by atoms with Gasteiger partial charge in [0.1, 0.15) is 0 Å². The van der Waals surface area contributed by atoms with Gasteiger partial charge >= 0.3 is 0 Å². The monoisotopic (exact) mass is 206 g/mol. The Hall–Kier alpha value is 0.0700. The normalized spacial score (nSPS) is 13.5. The van der Waals surface area contributed by atoms with Crippen LogP contribution in [0.4, 0.5) is 0 Å². The maximum atomic E-state index is 10.7. The molecule has 0 saturated heterocycles. The van der Waals surface area contributed by atoms with E-state index in [0.717, 1.165) is 31.8 Å². The van der Waals surface area contributed by atoms with E-state index in [1.54, 1.807) is 6.26 Å². The van der Waals surface area contributed by atoms with Crippen LogP contribution in [0.1, 0.15) is 12.8 Å². The van der Waals surface area contributed by atoms with Crippen LogP contribution < -0.4 is 5.32 Å². The summed E-state index contributed by atoms with van der Waals surface area (Å²) in [5, 5.41) is 3.34. The molecule has 0 aromatic carbocycles. The molecule has 1 atom stereocenters. The van der Waals surface area contributed by atoms with Gasteiger partial charge in [0, 0.05) is 22.8 Å². The molecule has 0 radical (unpaired) electrons. The van der Waals surface area contributed by atoms with Crippen molar-refractivity contribution in [2.75, 3.05) is 45.7 Å². The number of rotatable bonds is 8. The summed E-state index contributed by atoms with van der Waals surface area (Å²) >= 11 is 0. The van der Waals surface area contributed by atoms with Crippen LogP contribution in [0, 0.1) is 0 Å². The fourth-order valence-electron chi connectivity index (χ4n) is 1.05. The van der Waals surface area contributed by atoms with Crippen molar-refractivity contribution in [3.63, 3.8) is 0 Å². The zero-order valence-electron chi connectivity index (χ0n) is 9.01. The predicted octanol–water partition coefficient (Wildman–Crippen LogP) is 0.296. The molecule has 0 amide bonds.